The van der Waals surface area contributed by atoms with Crippen molar-refractivity contribution in [2.75, 3.05) is 4.31 Å². The molecular formula is C25H23NO3S. The Morgan fingerprint density at radius 2 is 1.57 bits per heavy atom. The summed E-state index contributed by atoms with van der Waals surface area (Å²) >= 11 is 0. The van der Waals surface area contributed by atoms with Crippen molar-refractivity contribution in [2.24, 2.45) is 0 Å². The normalized spacial score (nSPS) is 11.0. The van der Waals surface area contributed by atoms with Gasteiger partial charge < -0.3 is 0 Å². The Kier molecular flexibility index (Phi) is 6.04. The van der Waals surface area contributed by atoms with Crippen molar-refractivity contribution in [1.29, 1.82) is 0 Å². The van der Waals surface area contributed by atoms with E-state index in [0.717, 1.165) is 27.1 Å². The summed E-state index contributed by atoms with van der Waals surface area (Å²) in [4.78, 5) is 12.8. The van der Waals surface area contributed by atoms with Gasteiger partial charge in [-0.2, -0.15) is 4.31 Å². The number of amides is 1. The van der Waals surface area contributed by atoms with E-state index in [1.165, 1.54) is 12.1 Å². The fourth-order valence-electron chi connectivity index (χ4n) is 3.16. The molecule has 3 aromatic rings. The molecule has 0 aliphatic heterocycles. The predicted octanol–water partition coefficient (Wildman–Crippen LogP) is 5.27. The lowest BCUT2D eigenvalue weighted by Crippen LogP contribution is -2.36. The molecule has 0 aromatic heterocycles. The molecule has 0 aliphatic rings. The van der Waals surface area contributed by atoms with Gasteiger partial charge in [-0.25, -0.2) is 8.42 Å². The minimum atomic E-state index is -4.16. The van der Waals surface area contributed by atoms with Crippen molar-refractivity contribution >= 4 is 27.2 Å². The molecule has 5 heteroatoms. The first-order valence-electron chi connectivity index (χ1n) is 9.39. The molecule has 0 saturated heterocycles. The van der Waals surface area contributed by atoms with Gasteiger partial charge in [0.15, 0.2) is 0 Å². The molecule has 1 amide bonds. The van der Waals surface area contributed by atoms with Crippen LogP contribution in [0.5, 0.6) is 0 Å². The number of carbonyl (C=O) groups excluding carboxylic acids is 1. The number of para-hydroxylation sites is 1. The van der Waals surface area contributed by atoms with Gasteiger partial charge in [0.25, 0.3) is 15.9 Å². The second kappa shape index (κ2) is 8.51. The number of carbonyl (C=O) groups is 1. The van der Waals surface area contributed by atoms with Crippen LogP contribution in [-0.2, 0) is 14.8 Å². The molecule has 3 rings (SSSR count). The van der Waals surface area contributed by atoms with E-state index >= 15 is 0 Å². The van der Waals surface area contributed by atoms with E-state index in [1.807, 2.05) is 38.1 Å². The fourth-order valence-corrected chi connectivity index (χ4v) is 4.58. The molecule has 3 aromatic carbocycles. The second-order valence-electron chi connectivity index (χ2n) is 6.99. The highest BCUT2D eigenvalue weighted by atomic mass is 32.2. The highest BCUT2D eigenvalue weighted by Crippen LogP contribution is 2.34. The summed E-state index contributed by atoms with van der Waals surface area (Å²) in [6.07, 6.45) is 0.998. The molecule has 0 radical (unpaired) electrons. The smallest absolute Gasteiger partial charge is 0.268 e. The van der Waals surface area contributed by atoms with E-state index in [9.17, 15) is 13.2 Å². The van der Waals surface area contributed by atoms with Crippen molar-refractivity contribution in [3.05, 3.63) is 114 Å². The van der Waals surface area contributed by atoms with Gasteiger partial charge in [0.2, 0.25) is 0 Å². The van der Waals surface area contributed by atoms with Crippen molar-refractivity contribution in [3.63, 3.8) is 0 Å². The molecular weight excluding hydrogens is 394 g/mol. The predicted molar refractivity (Wildman–Crippen MR) is 122 cm³/mol. The van der Waals surface area contributed by atoms with Crippen LogP contribution in [0, 0.1) is 13.8 Å². The number of anilines is 1. The Labute approximate surface area is 177 Å². The summed E-state index contributed by atoms with van der Waals surface area (Å²) in [7, 11) is -4.16. The van der Waals surface area contributed by atoms with Crippen LogP contribution in [0.15, 0.2) is 96.9 Å². The maximum atomic E-state index is 13.4. The topological polar surface area (TPSA) is 54.5 Å². The second-order valence-corrected chi connectivity index (χ2v) is 8.78. The average molecular weight is 418 g/mol. The third kappa shape index (κ3) is 4.11. The van der Waals surface area contributed by atoms with Crippen molar-refractivity contribution in [3.8, 4) is 0 Å². The molecule has 4 nitrogen and oxygen atoms in total. The molecule has 30 heavy (non-hydrogen) atoms. The molecule has 0 aliphatic carbocycles. The molecule has 0 atom stereocenters. The van der Waals surface area contributed by atoms with Gasteiger partial charge in [-0.1, -0.05) is 78.9 Å². The van der Waals surface area contributed by atoms with Crippen LogP contribution in [0.25, 0.3) is 5.57 Å². The van der Waals surface area contributed by atoms with E-state index in [4.69, 9.17) is 0 Å². The van der Waals surface area contributed by atoms with Crippen LogP contribution < -0.4 is 4.31 Å². The van der Waals surface area contributed by atoms with E-state index in [0.29, 0.717) is 11.1 Å². The van der Waals surface area contributed by atoms with Crippen molar-refractivity contribution in [2.45, 2.75) is 18.7 Å². The van der Waals surface area contributed by atoms with Crippen LogP contribution in [-0.4, -0.2) is 14.3 Å². The van der Waals surface area contributed by atoms with Crippen molar-refractivity contribution < 1.29 is 13.2 Å². The van der Waals surface area contributed by atoms with Crippen LogP contribution >= 0.6 is 0 Å². The third-order valence-electron chi connectivity index (χ3n) is 4.75. The zero-order chi connectivity index (χ0) is 21.9. The first-order chi connectivity index (χ1) is 14.3. The molecule has 0 N–H and O–H groups in total. The molecule has 0 spiro atoms. The van der Waals surface area contributed by atoms with Crippen LogP contribution in [0.1, 0.15) is 22.3 Å². The summed E-state index contributed by atoms with van der Waals surface area (Å²) in [5.74, 6) is -0.736. The molecule has 0 bridgehead atoms. The SMILES string of the molecule is C=CC(=O)N(c1ccccc1C(=C)c1cccc(C)c1)S(=O)(=O)c1ccc(C)cc1. The Bertz CT molecular complexity index is 1230. The lowest BCUT2D eigenvalue weighted by molar-refractivity contribution is -0.113. The highest BCUT2D eigenvalue weighted by molar-refractivity contribution is 7.93. The van der Waals surface area contributed by atoms with Gasteiger partial charge in [-0.15, -0.1) is 0 Å². The third-order valence-corrected chi connectivity index (χ3v) is 6.47. The van der Waals surface area contributed by atoms with Crippen molar-refractivity contribution in [1.82, 2.24) is 0 Å². The zero-order valence-corrected chi connectivity index (χ0v) is 17.8. The van der Waals surface area contributed by atoms with Crippen LogP contribution in [0.2, 0.25) is 0 Å². The van der Waals surface area contributed by atoms with Crippen LogP contribution in [0.3, 0.4) is 0 Å². The fraction of sp³-hybridized carbons (Fsp3) is 0.0800. The van der Waals surface area contributed by atoms with Gasteiger partial charge in [0.1, 0.15) is 0 Å². The van der Waals surface area contributed by atoms with Gasteiger partial charge in [-0.3, -0.25) is 4.79 Å². The van der Waals surface area contributed by atoms with E-state index in [1.54, 1.807) is 36.4 Å². The number of rotatable bonds is 6. The summed E-state index contributed by atoms with van der Waals surface area (Å²) in [6.45, 7) is 11.5. The number of aryl methyl sites for hydroxylation is 2. The Morgan fingerprint density at radius 3 is 2.20 bits per heavy atom. The zero-order valence-electron chi connectivity index (χ0n) is 17.0. The maximum absolute atomic E-state index is 13.4. The number of nitrogens with zero attached hydrogens (tertiary/aromatic N) is 1. The Balaban J connectivity index is 2.19. The standard InChI is InChI=1S/C25H23NO3S/c1-5-25(27)26(30(28,29)22-15-13-18(2)14-16-22)24-12-7-6-11-23(24)20(4)21-10-8-9-19(3)17-21/h5-17H,1,4H2,2-3H3. The number of hydrogen-bond acceptors (Lipinski definition) is 3. The van der Waals surface area contributed by atoms with Crippen LogP contribution in [0.4, 0.5) is 5.69 Å². The number of hydrogen-bond donors (Lipinski definition) is 0. The minimum absolute atomic E-state index is 0.0271. The Hall–Kier alpha value is -3.44. The molecule has 0 saturated carbocycles. The quantitative estimate of drug-likeness (QED) is 0.513. The highest BCUT2D eigenvalue weighted by Gasteiger charge is 2.31. The summed E-state index contributed by atoms with van der Waals surface area (Å²) in [6, 6.07) is 21.0. The monoisotopic (exact) mass is 417 g/mol. The molecule has 0 fully saturated rings. The van der Waals surface area contributed by atoms with E-state index in [2.05, 4.69) is 13.2 Å². The molecule has 152 valence electrons. The molecule has 0 heterocycles. The van der Waals surface area contributed by atoms with Gasteiger partial charge >= 0.3 is 0 Å². The lowest BCUT2D eigenvalue weighted by Gasteiger charge is -2.24. The van der Waals surface area contributed by atoms with Gasteiger partial charge in [-0.05, 0) is 49.3 Å². The first-order valence-corrected chi connectivity index (χ1v) is 10.8. The average Bonchev–Trinajstić information content (AvgIpc) is 2.73. The summed E-state index contributed by atoms with van der Waals surface area (Å²) in [5.41, 5.74) is 4.22. The molecule has 0 unspecified atom stereocenters. The maximum Gasteiger partial charge on any atom is 0.271 e. The van der Waals surface area contributed by atoms with Gasteiger partial charge in [0.05, 0.1) is 10.6 Å². The summed E-state index contributed by atoms with van der Waals surface area (Å²) in [5, 5.41) is 0. The Morgan fingerprint density at radius 1 is 0.900 bits per heavy atom. The first kappa shape index (κ1) is 21.3. The van der Waals surface area contributed by atoms with E-state index in [-0.39, 0.29) is 10.6 Å². The minimum Gasteiger partial charge on any atom is -0.268 e. The lowest BCUT2D eigenvalue weighted by atomic mass is 9.97. The largest absolute Gasteiger partial charge is 0.271 e. The van der Waals surface area contributed by atoms with Gasteiger partial charge in [0, 0.05) is 5.56 Å². The van der Waals surface area contributed by atoms with E-state index < -0.39 is 15.9 Å². The summed E-state index contributed by atoms with van der Waals surface area (Å²) < 4.78 is 27.7. The number of benzene rings is 3. The number of sulfonamides is 1.